The number of aromatic nitrogens is 3. The number of aryl methyl sites for hydroxylation is 2. The Labute approximate surface area is 246 Å². The lowest BCUT2D eigenvalue weighted by molar-refractivity contribution is 0.0601. The molecule has 0 radical (unpaired) electrons. The Kier molecular flexibility index (Phi) is 8.28. The summed E-state index contributed by atoms with van der Waals surface area (Å²) in [5.74, 6) is 1.38. The van der Waals surface area contributed by atoms with Gasteiger partial charge in [-0.1, -0.05) is 36.8 Å². The van der Waals surface area contributed by atoms with Crippen molar-refractivity contribution in [3.63, 3.8) is 0 Å². The molecule has 1 saturated heterocycles. The predicted octanol–water partition coefficient (Wildman–Crippen LogP) is 5.84. The molecule has 0 bridgehead atoms. The maximum Gasteiger partial charge on any atom is 0.275 e. The number of carbonyl (C=O) groups is 1. The highest BCUT2D eigenvalue weighted by molar-refractivity contribution is 5.98. The van der Waals surface area contributed by atoms with E-state index in [0.717, 1.165) is 65.9 Å². The van der Waals surface area contributed by atoms with Gasteiger partial charge in [0.15, 0.2) is 17.2 Å². The molecule has 2 atom stereocenters. The summed E-state index contributed by atoms with van der Waals surface area (Å²) in [6.07, 6.45) is 8.66. The van der Waals surface area contributed by atoms with Crippen LogP contribution in [0.3, 0.4) is 0 Å². The normalized spacial score (nSPS) is 20.3. The number of fused-ring (bicyclic) bond motifs is 1. The monoisotopic (exact) mass is 569 g/mol. The van der Waals surface area contributed by atoms with E-state index in [4.69, 9.17) is 18.9 Å². The number of amides is 1. The third-order valence-corrected chi connectivity index (χ3v) is 8.38. The van der Waals surface area contributed by atoms with Crippen molar-refractivity contribution in [2.24, 2.45) is 0 Å². The van der Waals surface area contributed by atoms with E-state index in [1.807, 2.05) is 61.7 Å². The van der Waals surface area contributed by atoms with E-state index in [-0.39, 0.29) is 18.0 Å². The molecule has 220 valence electrons. The summed E-state index contributed by atoms with van der Waals surface area (Å²) < 4.78 is 19.5. The lowest BCUT2D eigenvalue weighted by Crippen LogP contribution is -2.54. The minimum absolute atomic E-state index is 0.0167. The minimum atomic E-state index is -0.0390. The Morgan fingerprint density at radius 1 is 1.19 bits per heavy atom. The van der Waals surface area contributed by atoms with Crippen LogP contribution in [-0.2, 0) is 4.74 Å². The van der Waals surface area contributed by atoms with Crippen molar-refractivity contribution in [1.82, 2.24) is 24.8 Å². The fourth-order valence-electron chi connectivity index (χ4n) is 6.32. The van der Waals surface area contributed by atoms with Crippen molar-refractivity contribution in [2.75, 3.05) is 33.4 Å². The predicted molar refractivity (Wildman–Crippen MR) is 162 cm³/mol. The van der Waals surface area contributed by atoms with Crippen molar-refractivity contribution in [3.8, 4) is 17.0 Å². The summed E-state index contributed by atoms with van der Waals surface area (Å²) in [5, 5.41) is 3.46. The quantitative estimate of drug-likeness (QED) is 0.267. The number of imidazole rings is 1. The average Bonchev–Trinajstić information content (AvgIpc) is 3.61. The molecule has 2 fully saturated rings. The smallest absolute Gasteiger partial charge is 0.275 e. The molecule has 0 spiro atoms. The second-order valence-electron chi connectivity index (χ2n) is 11.2. The van der Waals surface area contributed by atoms with Crippen LogP contribution in [0, 0.1) is 13.8 Å². The molecule has 1 saturated carbocycles. The highest BCUT2D eigenvalue weighted by Crippen LogP contribution is 2.38. The van der Waals surface area contributed by atoms with Gasteiger partial charge in [0.1, 0.15) is 11.3 Å². The molecule has 9 heteroatoms. The van der Waals surface area contributed by atoms with Crippen LogP contribution in [0.5, 0.6) is 5.75 Å². The third-order valence-electron chi connectivity index (χ3n) is 8.38. The van der Waals surface area contributed by atoms with E-state index >= 15 is 0 Å². The second kappa shape index (κ2) is 12.4. The van der Waals surface area contributed by atoms with Crippen molar-refractivity contribution in [3.05, 3.63) is 77.8 Å². The zero-order valence-electron chi connectivity index (χ0n) is 24.6. The van der Waals surface area contributed by atoms with Gasteiger partial charge in [-0.05, 0) is 43.4 Å². The molecule has 3 heterocycles. The SMILES string of the molecule is COC=C1CCCC[C@H]1n1cnc(C(=O)N2CCNC[C@H]2CCOc2cc3nc(C)oc3cc2C)c1-c1ccccc1. The van der Waals surface area contributed by atoms with Gasteiger partial charge in [0, 0.05) is 50.7 Å². The fraction of sp³-hybridized carbons (Fsp3) is 0.424. The largest absolute Gasteiger partial charge is 0.504 e. The first kappa shape index (κ1) is 28.0. The lowest BCUT2D eigenvalue weighted by atomic mass is 9.90. The zero-order valence-corrected chi connectivity index (χ0v) is 24.6. The van der Waals surface area contributed by atoms with E-state index in [0.29, 0.717) is 37.7 Å². The van der Waals surface area contributed by atoms with E-state index in [1.165, 1.54) is 5.57 Å². The number of methoxy groups -OCH3 is 1. The molecular formula is C33H39N5O4. The second-order valence-corrected chi connectivity index (χ2v) is 11.2. The van der Waals surface area contributed by atoms with E-state index < -0.39 is 0 Å². The van der Waals surface area contributed by atoms with Crippen molar-refractivity contribution in [2.45, 2.75) is 58.0 Å². The summed E-state index contributed by atoms with van der Waals surface area (Å²) in [4.78, 5) is 25.5. The molecule has 4 aromatic rings. The Balaban J connectivity index is 1.25. The molecule has 1 aliphatic heterocycles. The summed E-state index contributed by atoms with van der Waals surface area (Å²) in [6, 6.07) is 14.1. The number of nitrogens with one attached hydrogen (secondary N) is 1. The van der Waals surface area contributed by atoms with Crippen molar-refractivity contribution in [1.29, 1.82) is 0 Å². The lowest BCUT2D eigenvalue weighted by Gasteiger charge is -2.36. The number of nitrogens with zero attached hydrogens (tertiary/aromatic N) is 4. The van der Waals surface area contributed by atoms with Gasteiger partial charge in [-0.25, -0.2) is 9.97 Å². The van der Waals surface area contributed by atoms with Crippen LogP contribution < -0.4 is 10.1 Å². The first-order valence-corrected chi connectivity index (χ1v) is 14.9. The molecule has 1 N–H and O–H groups in total. The van der Waals surface area contributed by atoms with E-state index in [2.05, 4.69) is 27.0 Å². The molecule has 9 nitrogen and oxygen atoms in total. The Morgan fingerprint density at radius 2 is 2.05 bits per heavy atom. The molecule has 42 heavy (non-hydrogen) atoms. The topological polar surface area (TPSA) is 94.7 Å². The number of hydrogen-bond donors (Lipinski definition) is 1. The van der Waals surface area contributed by atoms with Crippen LogP contribution in [0.25, 0.3) is 22.4 Å². The molecule has 2 aliphatic rings. The maximum atomic E-state index is 14.3. The highest BCUT2D eigenvalue weighted by atomic mass is 16.5. The van der Waals surface area contributed by atoms with Gasteiger partial charge < -0.3 is 28.7 Å². The number of carbonyl (C=O) groups excluding carboxylic acids is 1. The number of ether oxygens (including phenoxy) is 2. The number of hydrogen-bond acceptors (Lipinski definition) is 7. The summed E-state index contributed by atoms with van der Waals surface area (Å²) in [6.45, 7) is 6.40. The molecule has 2 aromatic heterocycles. The van der Waals surface area contributed by atoms with Gasteiger partial charge in [0.2, 0.25) is 0 Å². The van der Waals surface area contributed by atoms with Crippen molar-refractivity contribution >= 4 is 17.0 Å². The van der Waals surface area contributed by atoms with Crippen LogP contribution >= 0.6 is 0 Å². The van der Waals surface area contributed by atoms with Gasteiger partial charge in [-0.15, -0.1) is 0 Å². The van der Waals surface area contributed by atoms with Crippen LogP contribution in [0.2, 0.25) is 0 Å². The van der Waals surface area contributed by atoms with Crippen molar-refractivity contribution < 1.29 is 18.7 Å². The number of benzene rings is 2. The van der Waals surface area contributed by atoms with E-state index in [1.54, 1.807) is 7.11 Å². The molecule has 2 aromatic carbocycles. The molecule has 1 amide bonds. The van der Waals surface area contributed by atoms with Gasteiger partial charge in [0.05, 0.1) is 38.0 Å². The summed E-state index contributed by atoms with van der Waals surface area (Å²) >= 11 is 0. The summed E-state index contributed by atoms with van der Waals surface area (Å²) in [5.41, 5.74) is 6.14. The van der Waals surface area contributed by atoms with Gasteiger partial charge in [-0.3, -0.25) is 4.79 Å². The highest BCUT2D eigenvalue weighted by Gasteiger charge is 2.33. The number of allylic oxidation sites excluding steroid dienone is 1. The summed E-state index contributed by atoms with van der Waals surface area (Å²) in [7, 11) is 1.70. The first-order valence-electron chi connectivity index (χ1n) is 14.9. The molecule has 0 unspecified atom stereocenters. The molecule has 6 rings (SSSR count). The van der Waals surface area contributed by atoms with Gasteiger partial charge in [-0.2, -0.15) is 0 Å². The fourth-order valence-corrected chi connectivity index (χ4v) is 6.32. The molecular weight excluding hydrogens is 530 g/mol. The van der Waals surface area contributed by atoms with E-state index in [9.17, 15) is 4.79 Å². The first-order chi connectivity index (χ1) is 20.5. The maximum absolute atomic E-state index is 14.3. The van der Waals surface area contributed by atoms with Gasteiger partial charge in [0.25, 0.3) is 5.91 Å². The van der Waals surface area contributed by atoms with Crippen LogP contribution in [0.15, 0.2) is 65.0 Å². The Morgan fingerprint density at radius 3 is 2.88 bits per heavy atom. The zero-order chi connectivity index (χ0) is 29.1. The number of oxazole rings is 1. The minimum Gasteiger partial charge on any atom is -0.504 e. The third kappa shape index (κ3) is 5.66. The van der Waals surface area contributed by atoms with Crippen LogP contribution in [0.1, 0.15) is 60.1 Å². The van der Waals surface area contributed by atoms with Crippen LogP contribution in [-0.4, -0.2) is 64.7 Å². The number of rotatable bonds is 8. The van der Waals surface area contributed by atoms with Crippen LogP contribution in [0.4, 0.5) is 0 Å². The standard InChI is InChI=1S/C33H39N5O4/c1-22-17-30-27(36-23(2)42-30)18-29(22)41-16-13-26-19-34-14-15-37(26)33(39)31-32(24-9-5-4-6-10-24)38(21-35-31)28-12-8-7-11-25(28)20-40-3/h4-6,9-10,17-18,20-21,26,28,34H,7-8,11-16,19H2,1-3H3/t26-,28-/m1/s1. The Bertz CT molecular complexity index is 1570. The number of piperazine rings is 1. The average molecular weight is 570 g/mol. The van der Waals surface area contributed by atoms with Gasteiger partial charge >= 0.3 is 0 Å². The Hall–Kier alpha value is -4.11. The molecule has 1 aliphatic carbocycles.